The molecule has 1 heterocycles. The van der Waals surface area contributed by atoms with Crippen LogP contribution in [0.3, 0.4) is 0 Å². The second kappa shape index (κ2) is 8.19. The molecule has 0 aromatic heterocycles. The average molecular weight is 397 g/mol. The molecule has 0 aliphatic carbocycles. The second-order valence-electron chi connectivity index (χ2n) is 5.11. The first kappa shape index (κ1) is 19.7. The normalized spacial score (nSPS) is 16.7. The van der Waals surface area contributed by atoms with Gasteiger partial charge in [-0.05, 0) is 18.2 Å². The van der Waals surface area contributed by atoms with E-state index in [4.69, 9.17) is 26.8 Å². The van der Waals surface area contributed by atoms with E-state index in [1.54, 1.807) is 18.2 Å². The number of thiocarbonyl (C=S) groups is 1. The molecule has 1 amide bonds. The smallest absolute Gasteiger partial charge is 0.327 e. The number of ether oxygens (including phenoxy) is 2. The maximum atomic E-state index is 12.6. The number of rotatable bonds is 7. The monoisotopic (exact) mass is 397 g/mol. The fraction of sp³-hybridized carbons (Fsp3) is 0.250. The highest BCUT2D eigenvalue weighted by molar-refractivity contribution is 8.26. The third-order valence-corrected chi connectivity index (χ3v) is 4.85. The van der Waals surface area contributed by atoms with Gasteiger partial charge in [0.1, 0.15) is 21.9 Å². The van der Waals surface area contributed by atoms with Gasteiger partial charge in [0.15, 0.2) is 0 Å². The first-order valence-electron chi connectivity index (χ1n) is 7.22. The summed E-state index contributed by atoms with van der Waals surface area (Å²) < 4.78 is 10.4. The minimum Gasteiger partial charge on any atom is -0.497 e. The molecule has 1 aromatic rings. The molecular formula is C16H15NO7S2. The number of carboxylic acid groups (broad SMARTS) is 2. The minimum atomic E-state index is -1.57. The number of thioether (sulfide) groups is 1. The molecule has 8 nitrogen and oxygen atoms in total. The Morgan fingerprint density at radius 3 is 2.54 bits per heavy atom. The Kier molecular flexibility index (Phi) is 6.22. The second-order valence-corrected chi connectivity index (χ2v) is 6.79. The van der Waals surface area contributed by atoms with Crippen molar-refractivity contribution in [3.05, 3.63) is 28.7 Å². The quantitative estimate of drug-likeness (QED) is 0.525. The number of nitrogens with zero attached hydrogens (tertiary/aromatic N) is 1. The van der Waals surface area contributed by atoms with Crippen molar-refractivity contribution in [2.45, 2.75) is 12.5 Å². The minimum absolute atomic E-state index is 0.0117. The maximum Gasteiger partial charge on any atom is 0.327 e. The van der Waals surface area contributed by atoms with E-state index in [1.165, 1.54) is 20.3 Å². The lowest BCUT2D eigenvalue weighted by Crippen LogP contribution is -2.45. The number of hydrogen-bond acceptors (Lipinski definition) is 7. The van der Waals surface area contributed by atoms with Gasteiger partial charge in [0.05, 0.1) is 25.5 Å². The first-order chi connectivity index (χ1) is 12.3. The van der Waals surface area contributed by atoms with E-state index in [0.717, 1.165) is 16.7 Å². The SMILES string of the molecule is COc1ccc(/C=C2/SC(=S)N(C(CC(=O)O)C(=O)O)C2=O)c(OC)c1. The Balaban J connectivity index is 2.37. The van der Waals surface area contributed by atoms with Crippen LogP contribution in [0.2, 0.25) is 0 Å². The Labute approximate surface area is 158 Å². The van der Waals surface area contributed by atoms with Crippen LogP contribution < -0.4 is 9.47 Å². The van der Waals surface area contributed by atoms with Crippen LogP contribution in [0.25, 0.3) is 6.08 Å². The highest BCUT2D eigenvalue weighted by Crippen LogP contribution is 2.36. The molecule has 0 saturated carbocycles. The van der Waals surface area contributed by atoms with Gasteiger partial charge in [-0.3, -0.25) is 14.5 Å². The lowest BCUT2D eigenvalue weighted by Gasteiger charge is -2.21. The van der Waals surface area contributed by atoms with Gasteiger partial charge < -0.3 is 19.7 Å². The van der Waals surface area contributed by atoms with Crippen LogP contribution in [-0.4, -0.2) is 57.5 Å². The van der Waals surface area contributed by atoms with Crippen molar-refractivity contribution in [2.75, 3.05) is 14.2 Å². The number of aliphatic carboxylic acids is 2. The topological polar surface area (TPSA) is 113 Å². The van der Waals surface area contributed by atoms with Crippen molar-refractivity contribution in [3.63, 3.8) is 0 Å². The summed E-state index contributed by atoms with van der Waals surface area (Å²) in [5, 5.41) is 18.1. The summed E-state index contributed by atoms with van der Waals surface area (Å²) in [4.78, 5) is 35.9. The molecule has 1 unspecified atom stereocenters. The number of hydrogen-bond donors (Lipinski definition) is 2. The fourth-order valence-electron chi connectivity index (χ4n) is 2.28. The van der Waals surface area contributed by atoms with Crippen molar-refractivity contribution < 1.29 is 34.1 Å². The van der Waals surface area contributed by atoms with Crippen LogP contribution in [0.4, 0.5) is 0 Å². The number of methoxy groups -OCH3 is 2. The molecular weight excluding hydrogens is 382 g/mol. The highest BCUT2D eigenvalue weighted by Gasteiger charge is 2.41. The average Bonchev–Trinajstić information content (AvgIpc) is 2.86. The van der Waals surface area contributed by atoms with E-state index in [-0.39, 0.29) is 9.23 Å². The van der Waals surface area contributed by atoms with Crippen LogP contribution >= 0.6 is 24.0 Å². The van der Waals surface area contributed by atoms with E-state index in [1.807, 2.05) is 0 Å². The first-order valence-corrected chi connectivity index (χ1v) is 8.44. The molecule has 0 radical (unpaired) electrons. The predicted octanol–water partition coefficient (Wildman–Crippen LogP) is 1.83. The van der Waals surface area contributed by atoms with Crippen molar-refractivity contribution in [2.24, 2.45) is 0 Å². The summed E-state index contributed by atoms with van der Waals surface area (Å²) in [6, 6.07) is 3.43. The van der Waals surface area contributed by atoms with Crippen LogP contribution in [0.5, 0.6) is 11.5 Å². The number of carboxylic acids is 2. The Morgan fingerprint density at radius 1 is 1.31 bits per heavy atom. The summed E-state index contributed by atoms with van der Waals surface area (Å²) in [5.41, 5.74) is 0.568. The molecule has 1 aliphatic heterocycles. The fourth-order valence-corrected chi connectivity index (χ4v) is 3.63. The van der Waals surface area contributed by atoms with E-state index in [2.05, 4.69) is 0 Å². The third kappa shape index (κ3) is 4.14. The molecule has 1 aromatic carbocycles. The van der Waals surface area contributed by atoms with Crippen molar-refractivity contribution in [1.29, 1.82) is 0 Å². The van der Waals surface area contributed by atoms with Gasteiger partial charge in [-0.2, -0.15) is 0 Å². The molecule has 1 saturated heterocycles. The molecule has 2 N–H and O–H groups in total. The van der Waals surface area contributed by atoms with Gasteiger partial charge in [-0.1, -0.05) is 24.0 Å². The van der Waals surface area contributed by atoms with Gasteiger partial charge in [-0.25, -0.2) is 4.79 Å². The largest absolute Gasteiger partial charge is 0.497 e. The molecule has 10 heteroatoms. The van der Waals surface area contributed by atoms with Crippen LogP contribution in [0, 0.1) is 0 Å². The van der Waals surface area contributed by atoms with E-state index < -0.39 is 30.3 Å². The summed E-state index contributed by atoms with van der Waals surface area (Å²) in [6.07, 6.45) is 0.762. The Bertz CT molecular complexity index is 806. The third-order valence-electron chi connectivity index (χ3n) is 3.52. The Hall–Kier alpha value is -2.59. The number of carbonyl (C=O) groups is 3. The van der Waals surface area contributed by atoms with Gasteiger partial charge in [0.25, 0.3) is 5.91 Å². The molecule has 26 heavy (non-hydrogen) atoms. The molecule has 1 aliphatic rings. The summed E-state index contributed by atoms with van der Waals surface area (Å²) in [5.74, 6) is -2.42. The number of benzene rings is 1. The summed E-state index contributed by atoms with van der Waals surface area (Å²) in [7, 11) is 2.97. The Morgan fingerprint density at radius 2 is 2.00 bits per heavy atom. The van der Waals surface area contributed by atoms with Crippen molar-refractivity contribution in [3.8, 4) is 11.5 Å². The highest BCUT2D eigenvalue weighted by atomic mass is 32.2. The molecule has 0 bridgehead atoms. The molecule has 138 valence electrons. The van der Waals surface area contributed by atoms with E-state index in [0.29, 0.717) is 17.1 Å². The number of carbonyl (C=O) groups excluding carboxylic acids is 1. The van der Waals surface area contributed by atoms with E-state index >= 15 is 0 Å². The van der Waals surface area contributed by atoms with Gasteiger partial charge in [0.2, 0.25) is 0 Å². The van der Waals surface area contributed by atoms with Gasteiger partial charge in [0, 0.05) is 11.6 Å². The lowest BCUT2D eigenvalue weighted by atomic mass is 10.1. The zero-order valence-electron chi connectivity index (χ0n) is 13.8. The zero-order valence-corrected chi connectivity index (χ0v) is 15.4. The van der Waals surface area contributed by atoms with Gasteiger partial charge >= 0.3 is 11.9 Å². The van der Waals surface area contributed by atoms with Crippen LogP contribution in [-0.2, 0) is 14.4 Å². The molecule has 0 spiro atoms. The van der Waals surface area contributed by atoms with Crippen molar-refractivity contribution in [1.82, 2.24) is 4.90 Å². The molecule has 1 atom stereocenters. The van der Waals surface area contributed by atoms with Crippen molar-refractivity contribution >= 4 is 52.2 Å². The predicted molar refractivity (Wildman–Crippen MR) is 98.2 cm³/mol. The molecule has 1 fully saturated rings. The standard InChI is InChI=1S/C16H15NO7S2/c1-23-9-4-3-8(11(6-9)24-2)5-12-14(20)17(16(25)26-12)10(15(21)22)7-13(18)19/h3-6,10H,7H2,1-2H3,(H,18,19)(H,21,22)/b12-5+. The number of amides is 1. The van der Waals surface area contributed by atoms with Gasteiger partial charge in [-0.15, -0.1) is 0 Å². The maximum absolute atomic E-state index is 12.6. The molecule has 2 rings (SSSR count). The van der Waals surface area contributed by atoms with E-state index in [9.17, 15) is 19.5 Å². The van der Waals surface area contributed by atoms with Crippen LogP contribution in [0.1, 0.15) is 12.0 Å². The lowest BCUT2D eigenvalue weighted by molar-refractivity contribution is -0.150. The van der Waals surface area contributed by atoms with Crippen LogP contribution in [0.15, 0.2) is 23.1 Å². The summed E-state index contributed by atoms with van der Waals surface area (Å²) >= 11 is 5.98. The summed E-state index contributed by atoms with van der Waals surface area (Å²) in [6.45, 7) is 0. The zero-order chi connectivity index (χ0) is 19.4.